The summed E-state index contributed by atoms with van der Waals surface area (Å²) in [5.74, 6) is -0.223. The SMILES string of the molecule is CC(CC(F)(F)F)NS(=O)(=O)c1ccc(C=O)o1. The van der Waals surface area contributed by atoms with E-state index < -0.39 is 33.8 Å². The molecule has 102 valence electrons. The van der Waals surface area contributed by atoms with Crippen LogP contribution in [-0.4, -0.2) is 26.9 Å². The molecule has 0 spiro atoms. The zero-order valence-corrected chi connectivity index (χ0v) is 10.0. The van der Waals surface area contributed by atoms with Crippen LogP contribution < -0.4 is 4.72 Å². The summed E-state index contributed by atoms with van der Waals surface area (Å²) in [6.45, 7) is 1.08. The van der Waals surface area contributed by atoms with Crippen LogP contribution in [0.3, 0.4) is 0 Å². The van der Waals surface area contributed by atoms with Gasteiger partial charge in [-0.2, -0.15) is 13.2 Å². The Morgan fingerprint density at radius 3 is 2.50 bits per heavy atom. The van der Waals surface area contributed by atoms with Crippen LogP contribution in [0.4, 0.5) is 13.2 Å². The first kappa shape index (κ1) is 14.7. The average Bonchev–Trinajstić information content (AvgIpc) is 2.61. The van der Waals surface area contributed by atoms with E-state index in [1.54, 1.807) is 0 Å². The predicted octanol–water partition coefficient (Wildman–Crippen LogP) is 1.71. The lowest BCUT2D eigenvalue weighted by molar-refractivity contribution is -0.137. The summed E-state index contributed by atoms with van der Waals surface area (Å²) < 4.78 is 65.7. The van der Waals surface area contributed by atoms with Gasteiger partial charge in [-0.05, 0) is 19.1 Å². The van der Waals surface area contributed by atoms with Crippen molar-refractivity contribution in [2.24, 2.45) is 0 Å². The van der Waals surface area contributed by atoms with Gasteiger partial charge in [0.05, 0.1) is 6.42 Å². The summed E-state index contributed by atoms with van der Waals surface area (Å²) in [6, 6.07) is 0.766. The molecule has 1 heterocycles. The molecular formula is C9H10F3NO4S. The van der Waals surface area contributed by atoms with Crippen LogP contribution in [0.2, 0.25) is 0 Å². The molecule has 1 N–H and O–H groups in total. The molecule has 0 amide bonds. The first-order chi connectivity index (χ1) is 8.14. The number of aldehydes is 1. The zero-order chi connectivity index (χ0) is 14.0. The Kier molecular flexibility index (Phi) is 4.17. The van der Waals surface area contributed by atoms with Crippen molar-refractivity contribution in [3.8, 4) is 0 Å². The fourth-order valence-electron chi connectivity index (χ4n) is 1.25. The Morgan fingerprint density at radius 2 is 2.06 bits per heavy atom. The van der Waals surface area contributed by atoms with Gasteiger partial charge in [-0.3, -0.25) is 4.79 Å². The predicted molar refractivity (Wildman–Crippen MR) is 54.6 cm³/mol. The number of carbonyl (C=O) groups is 1. The molecule has 0 bridgehead atoms. The molecule has 1 aromatic rings. The largest absolute Gasteiger partial charge is 0.440 e. The van der Waals surface area contributed by atoms with Crippen molar-refractivity contribution in [1.82, 2.24) is 4.72 Å². The quantitative estimate of drug-likeness (QED) is 0.836. The Bertz CT molecular complexity index is 520. The zero-order valence-electron chi connectivity index (χ0n) is 9.19. The number of halogens is 3. The number of sulfonamides is 1. The second-order valence-electron chi connectivity index (χ2n) is 3.62. The Balaban J connectivity index is 2.79. The summed E-state index contributed by atoms with van der Waals surface area (Å²) in [7, 11) is -4.20. The molecule has 0 fully saturated rings. The molecule has 1 aromatic heterocycles. The Labute approximate surface area is 101 Å². The van der Waals surface area contributed by atoms with E-state index in [1.807, 2.05) is 4.72 Å². The van der Waals surface area contributed by atoms with Gasteiger partial charge in [0.2, 0.25) is 5.09 Å². The molecule has 0 radical (unpaired) electrons. The minimum absolute atomic E-state index is 0.223. The van der Waals surface area contributed by atoms with E-state index in [9.17, 15) is 26.4 Å². The maximum absolute atomic E-state index is 12.0. The number of hydrogen-bond donors (Lipinski definition) is 1. The second kappa shape index (κ2) is 5.11. The van der Waals surface area contributed by atoms with Crippen molar-refractivity contribution in [1.29, 1.82) is 0 Å². The minimum Gasteiger partial charge on any atom is -0.440 e. The van der Waals surface area contributed by atoms with Crippen molar-refractivity contribution >= 4 is 16.3 Å². The van der Waals surface area contributed by atoms with Gasteiger partial charge in [0.1, 0.15) is 0 Å². The second-order valence-corrected chi connectivity index (χ2v) is 5.26. The van der Waals surface area contributed by atoms with Crippen molar-refractivity contribution in [3.63, 3.8) is 0 Å². The van der Waals surface area contributed by atoms with E-state index in [-0.39, 0.29) is 12.0 Å². The number of furan rings is 1. The monoisotopic (exact) mass is 285 g/mol. The van der Waals surface area contributed by atoms with E-state index in [1.165, 1.54) is 0 Å². The summed E-state index contributed by atoms with van der Waals surface area (Å²) in [4.78, 5) is 10.3. The van der Waals surface area contributed by atoms with Gasteiger partial charge in [0.25, 0.3) is 10.0 Å². The third kappa shape index (κ3) is 4.15. The van der Waals surface area contributed by atoms with Crippen LogP contribution in [0.5, 0.6) is 0 Å². The summed E-state index contributed by atoms with van der Waals surface area (Å²) in [5, 5.41) is -0.598. The van der Waals surface area contributed by atoms with Gasteiger partial charge < -0.3 is 4.42 Å². The molecule has 0 saturated heterocycles. The van der Waals surface area contributed by atoms with E-state index in [4.69, 9.17) is 0 Å². The van der Waals surface area contributed by atoms with Gasteiger partial charge in [0, 0.05) is 6.04 Å². The van der Waals surface area contributed by atoms with E-state index in [0.717, 1.165) is 19.1 Å². The number of rotatable bonds is 5. The third-order valence-electron chi connectivity index (χ3n) is 1.88. The van der Waals surface area contributed by atoms with E-state index in [2.05, 4.69) is 4.42 Å². The topological polar surface area (TPSA) is 76.4 Å². The van der Waals surface area contributed by atoms with Crippen LogP contribution >= 0.6 is 0 Å². The fraction of sp³-hybridized carbons (Fsp3) is 0.444. The molecule has 0 saturated carbocycles. The molecule has 0 aliphatic heterocycles. The summed E-state index contributed by atoms with van der Waals surface area (Å²) in [5.41, 5.74) is 0. The van der Waals surface area contributed by atoms with Crippen molar-refractivity contribution < 1.29 is 30.8 Å². The van der Waals surface area contributed by atoms with Gasteiger partial charge in [-0.15, -0.1) is 0 Å². The van der Waals surface area contributed by atoms with Gasteiger partial charge >= 0.3 is 6.18 Å². The highest BCUT2D eigenvalue weighted by Crippen LogP contribution is 2.22. The number of alkyl halides is 3. The Morgan fingerprint density at radius 1 is 1.44 bits per heavy atom. The highest BCUT2D eigenvalue weighted by Gasteiger charge is 2.32. The lowest BCUT2D eigenvalue weighted by atomic mass is 10.2. The minimum atomic E-state index is -4.47. The van der Waals surface area contributed by atoms with E-state index >= 15 is 0 Å². The molecular weight excluding hydrogens is 275 g/mol. The van der Waals surface area contributed by atoms with E-state index in [0.29, 0.717) is 0 Å². The van der Waals surface area contributed by atoms with Gasteiger partial charge in [-0.25, -0.2) is 13.1 Å². The highest BCUT2D eigenvalue weighted by atomic mass is 32.2. The standard InChI is InChI=1S/C9H10F3NO4S/c1-6(4-9(10,11)12)13-18(15,16)8-3-2-7(5-14)17-8/h2-3,5-6,13H,4H2,1H3. The molecule has 9 heteroatoms. The molecule has 18 heavy (non-hydrogen) atoms. The summed E-state index contributed by atoms with van der Waals surface area (Å²) in [6.07, 6.45) is -5.48. The first-order valence-corrected chi connectivity index (χ1v) is 6.26. The average molecular weight is 285 g/mol. The van der Waals surface area contributed by atoms with Crippen LogP contribution in [0.15, 0.2) is 21.6 Å². The van der Waals surface area contributed by atoms with Crippen molar-refractivity contribution in [3.05, 3.63) is 17.9 Å². The van der Waals surface area contributed by atoms with Crippen LogP contribution in [0.1, 0.15) is 23.9 Å². The van der Waals surface area contributed by atoms with Crippen LogP contribution in [0.25, 0.3) is 0 Å². The molecule has 1 atom stereocenters. The normalized spacial score (nSPS) is 14.4. The number of hydrogen-bond acceptors (Lipinski definition) is 4. The maximum atomic E-state index is 12.0. The third-order valence-corrected chi connectivity index (χ3v) is 3.34. The summed E-state index contributed by atoms with van der Waals surface area (Å²) >= 11 is 0. The molecule has 0 aromatic carbocycles. The van der Waals surface area contributed by atoms with Gasteiger partial charge in [-0.1, -0.05) is 0 Å². The van der Waals surface area contributed by atoms with Gasteiger partial charge in [0.15, 0.2) is 12.0 Å². The van der Waals surface area contributed by atoms with Crippen LogP contribution in [0, 0.1) is 0 Å². The molecule has 0 aliphatic rings. The number of nitrogens with one attached hydrogen (secondary N) is 1. The Hall–Kier alpha value is -1.35. The smallest absolute Gasteiger partial charge is 0.390 e. The molecule has 5 nitrogen and oxygen atoms in total. The maximum Gasteiger partial charge on any atom is 0.390 e. The molecule has 1 unspecified atom stereocenters. The van der Waals surface area contributed by atoms with Crippen molar-refractivity contribution in [2.75, 3.05) is 0 Å². The highest BCUT2D eigenvalue weighted by molar-refractivity contribution is 7.89. The van der Waals surface area contributed by atoms with Crippen molar-refractivity contribution in [2.45, 2.75) is 30.7 Å². The first-order valence-electron chi connectivity index (χ1n) is 4.78. The lowest BCUT2D eigenvalue weighted by Gasteiger charge is -2.14. The number of carbonyl (C=O) groups excluding carboxylic acids is 1. The molecule has 1 rings (SSSR count). The van der Waals surface area contributed by atoms with Crippen LogP contribution in [-0.2, 0) is 10.0 Å². The lowest BCUT2D eigenvalue weighted by Crippen LogP contribution is -2.35. The molecule has 0 aliphatic carbocycles. The fourth-order valence-corrected chi connectivity index (χ4v) is 2.44.